The third kappa shape index (κ3) is 1.57. The van der Waals surface area contributed by atoms with Crippen molar-refractivity contribution in [3.05, 3.63) is 48.2 Å². The van der Waals surface area contributed by atoms with Crippen LogP contribution in [0.5, 0.6) is 0 Å². The fraction of sp³-hybridized carbons (Fsp3) is 0. The van der Waals surface area contributed by atoms with Crippen LogP contribution in [-0.4, -0.2) is 6.29 Å². The van der Waals surface area contributed by atoms with Gasteiger partial charge >= 0.3 is 0 Å². The molecular formula is C11H7FO2. The molecule has 0 aliphatic carbocycles. The Morgan fingerprint density at radius 3 is 2.71 bits per heavy atom. The predicted octanol–water partition coefficient (Wildman–Crippen LogP) is 2.90. The molecule has 0 fully saturated rings. The Hall–Kier alpha value is -1.90. The highest BCUT2D eigenvalue weighted by Gasteiger charge is 2.03. The van der Waals surface area contributed by atoms with E-state index in [-0.39, 0.29) is 0 Å². The third-order valence-electron chi connectivity index (χ3n) is 1.91. The van der Waals surface area contributed by atoms with Gasteiger partial charge in [-0.05, 0) is 29.8 Å². The number of rotatable bonds is 2. The van der Waals surface area contributed by atoms with E-state index in [9.17, 15) is 9.18 Å². The zero-order valence-corrected chi connectivity index (χ0v) is 7.24. The first-order chi connectivity index (χ1) is 6.79. The maximum absolute atomic E-state index is 13.0. The van der Waals surface area contributed by atoms with E-state index >= 15 is 0 Å². The van der Waals surface area contributed by atoms with Crippen molar-refractivity contribution in [2.75, 3.05) is 0 Å². The van der Waals surface area contributed by atoms with Crippen molar-refractivity contribution >= 4 is 6.29 Å². The maximum Gasteiger partial charge on any atom is 0.150 e. The first-order valence-electron chi connectivity index (χ1n) is 4.08. The van der Waals surface area contributed by atoms with Crippen LogP contribution >= 0.6 is 0 Å². The predicted molar refractivity (Wildman–Crippen MR) is 49.5 cm³/mol. The van der Waals surface area contributed by atoms with E-state index in [1.165, 1.54) is 24.7 Å². The lowest BCUT2D eigenvalue weighted by Crippen LogP contribution is -1.85. The molecule has 0 saturated heterocycles. The summed E-state index contributed by atoms with van der Waals surface area (Å²) in [5.74, 6) is -0.425. The second-order valence-corrected chi connectivity index (χ2v) is 2.90. The average Bonchev–Trinajstić information content (AvgIpc) is 2.69. The molecule has 0 aliphatic heterocycles. The van der Waals surface area contributed by atoms with Crippen LogP contribution in [0.1, 0.15) is 10.4 Å². The lowest BCUT2D eigenvalue weighted by Gasteiger charge is -1.98. The van der Waals surface area contributed by atoms with Crippen LogP contribution in [0.25, 0.3) is 11.1 Å². The standard InChI is InChI=1S/C11H7FO2/c12-11-4-8(6-13)3-10(5-11)9-1-2-14-7-9/h1-7H. The first kappa shape index (κ1) is 8.69. The molecule has 0 spiro atoms. The summed E-state index contributed by atoms with van der Waals surface area (Å²) in [6.45, 7) is 0. The molecule has 1 aromatic carbocycles. The smallest absolute Gasteiger partial charge is 0.150 e. The Bertz CT molecular complexity index is 446. The van der Waals surface area contributed by atoms with Crippen LogP contribution < -0.4 is 0 Å². The Morgan fingerprint density at radius 2 is 2.07 bits per heavy atom. The van der Waals surface area contributed by atoms with Crippen LogP contribution in [0.4, 0.5) is 4.39 Å². The van der Waals surface area contributed by atoms with Gasteiger partial charge in [-0.3, -0.25) is 4.79 Å². The molecule has 0 N–H and O–H groups in total. The van der Waals surface area contributed by atoms with Gasteiger partial charge in [-0.25, -0.2) is 4.39 Å². The minimum Gasteiger partial charge on any atom is -0.472 e. The van der Waals surface area contributed by atoms with Gasteiger partial charge in [0.15, 0.2) is 0 Å². The molecule has 70 valence electrons. The highest BCUT2D eigenvalue weighted by atomic mass is 19.1. The Morgan fingerprint density at radius 1 is 1.21 bits per heavy atom. The summed E-state index contributed by atoms with van der Waals surface area (Å²) in [6, 6.07) is 5.87. The Labute approximate surface area is 80.0 Å². The first-order valence-corrected chi connectivity index (χ1v) is 4.08. The normalized spacial score (nSPS) is 10.1. The van der Waals surface area contributed by atoms with E-state index in [1.807, 2.05) is 0 Å². The lowest BCUT2D eigenvalue weighted by atomic mass is 10.1. The lowest BCUT2D eigenvalue weighted by molar-refractivity contribution is 0.112. The third-order valence-corrected chi connectivity index (χ3v) is 1.91. The molecule has 2 aromatic rings. The molecule has 1 heterocycles. The van der Waals surface area contributed by atoms with Gasteiger partial charge in [0.05, 0.1) is 12.5 Å². The van der Waals surface area contributed by atoms with E-state index < -0.39 is 5.82 Å². The number of aldehydes is 1. The highest BCUT2D eigenvalue weighted by molar-refractivity contribution is 5.78. The summed E-state index contributed by atoms with van der Waals surface area (Å²) in [7, 11) is 0. The van der Waals surface area contributed by atoms with Gasteiger partial charge in [0.25, 0.3) is 0 Å². The van der Waals surface area contributed by atoms with Gasteiger partial charge in [-0.1, -0.05) is 0 Å². The molecular weight excluding hydrogens is 183 g/mol. The molecule has 0 saturated carbocycles. The van der Waals surface area contributed by atoms with Gasteiger partial charge in [-0.2, -0.15) is 0 Å². The second-order valence-electron chi connectivity index (χ2n) is 2.90. The molecule has 0 atom stereocenters. The fourth-order valence-corrected chi connectivity index (χ4v) is 1.28. The Kier molecular flexibility index (Phi) is 2.14. The summed E-state index contributed by atoms with van der Waals surface area (Å²) < 4.78 is 17.9. The summed E-state index contributed by atoms with van der Waals surface area (Å²) >= 11 is 0. The highest BCUT2D eigenvalue weighted by Crippen LogP contribution is 2.21. The van der Waals surface area contributed by atoms with Crippen molar-refractivity contribution in [2.45, 2.75) is 0 Å². The summed E-state index contributed by atoms with van der Waals surface area (Å²) in [4.78, 5) is 10.5. The van der Waals surface area contributed by atoms with Crippen molar-refractivity contribution in [1.82, 2.24) is 0 Å². The number of hydrogen-bond donors (Lipinski definition) is 0. The summed E-state index contributed by atoms with van der Waals surface area (Å²) in [5, 5.41) is 0. The molecule has 2 nitrogen and oxygen atoms in total. The summed E-state index contributed by atoms with van der Waals surface area (Å²) in [5.41, 5.74) is 1.72. The molecule has 0 unspecified atom stereocenters. The second kappa shape index (κ2) is 3.46. The van der Waals surface area contributed by atoms with Crippen LogP contribution in [0.2, 0.25) is 0 Å². The van der Waals surface area contributed by atoms with Crippen molar-refractivity contribution in [1.29, 1.82) is 0 Å². The van der Waals surface area contributed by atoms with Gasteiger partial charge in [-0.15, -0.1) is 0 Å². The van der Waals surface area contributed by atoms with Crippen molar-refractivity contribution in [3.8, 4) is 11.1 Å². The van der Waals surface area contributed by atoms with Crippen LogP contribution in [0.3, 0.4) is 0 Å². The topological polar surface area (TPSA) is 30.2 Å². The van der Waals surface area contributed by atoms with E-state index in [2.05, 4.69) is 0 Å². The number of carbonyl (C=O) groups excluding carboxylic acids is 1. The minimum atomic E-state index is -0.425. The average molecular weight is 190 g/mol. The van der Waals surface area contributed by atoms with Crippen LogP contribution in [0.15, 0.2) is 41.2 Å². The molecule has 0 amide bonds. The Balaban J connectivity index is 2.54. The van der Waals surface area contributed by atoms with Gasteiger partial charge in [0.2, 0.25) is 0 Å². The van der Waals surface area contributed by atoms with E-state index in [0.29, 0.717) is 17.4 Å². The molecule has 0 bridgehead atoms. The zero-order valence-electron chi connectivity index (χ0n) is 7.24. The van der Waals surface area contributed by atoms with Crippen LogP contribution in [0, 0.1) is 5.82 Å². The largest absolute Gasteiger partial charge is 0.472 e. The molecule has 14 heavy (non-hydrogen) atoms. The number of hydrogen-bond acceptors (Lipinski definition) is 2. The molecule has 3 heteroatoms. The molecule has 1 aromatic heterocycles. The zero-order chi connectivity index (χ0) is 9.97. The number of furan rings is 1. The van der Waals surface area contributed by atoms with Crippen molar-refractivity contribution < 1.29 is 13.6 Å². The van der Waals surface area contributed by atoms with Crippen molar-refractivity contribution in [3.63, 3.8) is 0 Å². The SMILES string of the molecule is O=Cc1cc(F)cc(-c2ccoc2)c1. The van der Waals surface area contributed by atoms with Gasteiger partial charge < -0.3 is 4.42 Å². The molecule has 0 aliphatic rings. The monoisotopic (exact) mass is 190 g/mol. The van der Waals surface area contributed by atoms with E-state index in [4.69, 9.17) is 4.42 Å². The maximum atomic E-state index is 13.0. The number of benzene rings is 1. The molecule has 0 radical (unpaired) electrons. The quantitative estimate of drug-likeness (QED) is 0.681. The minimum absolute atomic E-state index is 0.321. The number of halogens is 1. The van der Waals surface area contributed by atoms with Gasteiger partial charge in [0, 0.05) is 11.1 Å². The number of carbonyl (C=O) groups is 1. The van der Waals surface area contributed by atoms with Crippen molar-refractivity contribution in [2.24, 2.45) is 0 Å². The van der Waals surface area contributed by atoms with E-state index in [1.54, 1.807) is 12.1 Å². The molecule has 2 rings (SSSR count). The van der Waals surface area contributed by atoms with Gasteiger partial charge in [0.1, 0.15) is 12.1 Å². The summed E-state index contributed by atoms with van der Waals surface area (Å²) in [6.07, 6.45) is 3.62. The fourth-order valence-electron chi connectivity index (χ4n) is 1.28. The van der Waals surface area contributed by atoms with Crippen LogP contribution in [-0.2, 0) is 0 Å². The van der Waals surface area contributed by atoms with E-state index in [0.717, 1.165) is 5.56 Å².